The van der Waals surface area contributed by atoms with Crippen LogP contribution < -0.4 is 10.1 Å². The summed E-state index contributed by atoms with van der Waals surface area (Å²) >= 11 is 0. The van der Waals surface area contributed by atoms with Gasteiger partial charge < -0.3 is 15.2 Å². The number of aliphatic hydroxyl groups excluding tert-OH is 1. The van der Waals surface area contributed by atoms with E-state index in [0.29, 0.717) is 11.7 Å². The fourth-order valence-corrected chi connectivity index (χ4v) is 2.61. The third-order valence-corrected chi connectivity index (χ3v) is 4.30. The first kappa shape index (κ1) is 19.5. The van der Waals surface area contributed by atoms with Crippen LogP contribution in [0.3, 0.4) is 0 Å². The molecule has 0 aliphatic carbocycles. The normalized spacial score (nSPS) is 12.0. The minimum atomic E-state index is -0.763. The number of hydrogen-bond donors (Lipinski definition) is 2. The number of nitrogens with zero attached hydrogens (tertiary/aromatic N) is 4. The molecule has 0 aliphatic rings. The van der Waals surface area contributed by atoms with Gasteiger partial charge in [0.25, 0.3) is 5.91 Å². The first-order chi connectivity index (χ1) is 13.5. The highest BCUT2D eigenvalue weighted by Gasteiger charge is 2.11. The van der Waals surface area contributed by atoms with Crippen LogP contribution in [0.2, 0.25) is 0 Å². The number of ether oxygens (including phenoxy) is 1. The van der Waals surface area contributed by atoms with E-state index in [0.717, 1.165) is 11.3 Å². The summed E-state index contributed by atoms with van der Waals surface area (Å²) in [5, 5.41) is 23.9. The number of rotatable bonds is 8. The number of carbonyl (C=O) groups excluding carboxylic acids is 1. The van der Waals surface area contributed by atoms with Crippen molar-refractivity contribution in [2.45, 2.75) is 25.9 Å². The molecular formula is C20H23N5O3. The van der Waals surface area contributed by atoms with Crippen LogP contribution in [0, 0.1) is 0 Å². The fourth-order valence-electron chi connectivity index (χ4n) is 2.61. The van der Waals surface area contributed by atoms with Crippen LogP contribution in [0.4, 0.5) is 0 Å². The average molecular weight is 381 g/mol. The van der Waals surface area contributed by atoms with E-state index < -0.39 is 6.10 Å². The molecule has 146 valence electrons. The number of benzene rings is 2. The highest BCUT2D eigenvalue weighted by Crippen LogP contribution is 2.18. The molecule has 8 heteroatoms. The predicted octanol–water partition coefficient (Wildman–Crippen LogP) is 2.01. The Balaban J connectivity index is 1.44. The number of nitrogens with one attached hydrogen (secondary N) is 1. The van der Waals surface area contributed by atoms with Gasteiger partial charge in [0, 0.05) is 6.54 Å². The zero-order chi connectivity index (χ0) is 19.9. The Morgan fingerprint density at radius 1 is 1.11 bits per heavy atom. The number of hydrogen-bond acceptors (Lipinski definition) is 6. The molecule has 0 bridgehead atoms. The quantitative estimate of drug-likeness (QED) is 0.619. The number of aliphatic hydroxyl groups is 1. The van der Waals surface area contributed by atoms with Crippen molar-refractivity contribution in [3.63, 3.8) is 0 Å². The molecule has 1 amide bonds. The summed E-state index contributed by atoms with van der Waals surface area (Å²) in [5.74, 6) is 0.684. The number of aromatic nitrogens is 4. The summed E-state index contributed by atoms with van der Waals surface area (Å²) in [7, 11) is 0. The van der Waals surface area contributed by atoms with Crippen molar-refractivity contribution < 1.29 is 14.6 Å². The maximum absolute atomic E-state index is 12.0. The monoisotopic (exact) mass is 381 g/mol. The molecule has 1 heterocycles. The van der Waals surface area contributed by atoms with Crippen LogP contribution in [0.1, 0.15) is 37.0 Å². The largest absolute Gasteiger partial charge is 0.484 e. The van der Waals surface area contributed by atoms with Gasteiger partial charge >= 0.3 is 0 Å². The molecule has 28 heavy (non-hydrogen) atoms. The molecule has 0 fully saturated rings. The van der Waals surface area contributed by atoms with Crippen molar-refractivity contribution in [3.8, 4) is 11.4 Å². The Morgan fingerprint density at radius 2 is 1.79 bits per heavy atom. The molecule has 0 saturated heterocycles. The molecule has 1 unspecified atom stereocenters. The van der Waals surface area contributed by atoms with Crippen molar-refractivity contribution in [3.05, 3.63) is 66.0 Å². The molecule has 0 aliphatic heterocycles. The van der Waals surface area contributed by atoms with Gasteiger partial charge in [0.1, 0.15) is 12.1 Å². The maximum Gasteiger partial charge on any atom is 0.258 e. The summed E-state index contributed by atoms with van der Waals surface area (Å²) in [4.78, 5) is 12.0. The zero-order valence-corrected chi connectivity index (χ0v) is 15.8. The second-order valence-corrected chi connectivity index (χ2v) is 6.68. The van der Waals surface area contributed by atoms with Crippen molar-refractivity contribution in [2.75, 3.05) is 13.2 Å². The highest BCUT2D eigenvalue weighted by molar-refractivity contribution is 5.77. The average Bonchev–Trinajstić information content (AvgIpc) is 3.26. The van der Waals surface area contributed by atoms with E-state index in [4.69, 9.17) is 4.74 Å². The van der Waals surface area contributed by atoms with Crippen molar-refractivity contribution in [2.24, 2.45) is 0 Å². The lowest BCUT2D eigenvalue weighted by atomic mass is 10.00. The summed E-state index contributed by atoms with van der Waals surface area (Å²) < 4.78 is 6.99. The minimum Gasteiger partial charge on any atom is -0.484 e. The second-order valence-electron chi connectivity index (χ2n) is 6.68. The van der Waals surface area contributed by atoms with Gasteiger partial charge in [-0.15, -0.1) is 5.10 Å². The van der Waals surface area contributed by atoms with Crippen LogP contribution in [-0.2, 0) is 4.79 Å². The molecule has 1 atom stereocenters. The summed E-state index contributed by atoms with van der Waals surface area (Å²) in [6.07, 6.45) is 0.728. The van der Waals surface area contributed by atoms with E-state index in [1.807, 2.05) is 24.3 Å². The Kier molecular flexibility index (Phi) is 6.33. The standard InChI is InChI=1S/C20H23N5O3/c1-14(2)15-3-5-16(6-4-15)19(26)11-21-20(27)12-28-18-9-7-17(8-10-18)25-13-22-23-24-25/h3-10,13-14,19,26H,11-12H2,1-2H3,(H,21,27). The molecule has 1 aromatic heterocycles. The molecule has 2 aromatic carbocycles. The van der Waals surface area contributed by atoms with E-state index in [2.05, 4.69) is 34.7 Å². The second kappa shape index (κ2) is 9.09. The summed E-state index contributed by atoms with van der Waals surface area (Å²) in [6.45, 7) is 4.22. The molecular weight excluding hydrogens is 358 g/mol. The molecule has 2 N–H and O–H groups in total. The minimum absolute atomic E-state index is 0.126. The smallest absolute Gasteiger partial charge is 0.258 e. The number of amides is 1. The first-order valence-electron chi connectivity index (χ1n) is 9.04. The Hall–Kier alpha value is -3.26. The van der Waals surface area contributed by atoms with E-state index in [9.17, 15) is 9.90 Å². The van der Waals surface area contributed by atoms with Crippen molar-refractivity contribution >= 4 is 5.91 Å². The van der Waals surface area contributed by atoms with Crippen molar-refractivity contribution in [1.29, 1.82) is 0 Å². The van der Waals surface area contributed by atoms with Crippen LogP contribution in [0.5, 0.6) is 5.75 Å². The van der Waals surface area contributed by atoms with Crippen LogP contribution in [0.25, 0.3) is 5.69 Å². The lowest BCUT2D eigenvalue weighted by molar-refractivity contribution is -0.123. The van der Waals surface area contributed by atoms with Gasteiger partial charge in [-0.2, -0.15) is 0 Å². The van der Waals surface area contributed by atoms with Crippen LogP contribution in [0.15, 0.2) is 54.9 Å². The zero-order valence-electron chi connectivity index (χ0n) is 15.8. The first-order valence-corrected chi connectivity index (χ1v) is 9.04. The summed E-state index contributed by atoms with van der Waals surface area (Å²) in [6, 6.07) is 14.8. The van der Waals surface area contributed by atoms with Crippen molar-refractivity contribution in [1.82, 2.24) is 25.5 Å². The molecule has 0 saturated carbocycles. The van der Waals surface area contributed by atoms with Gasteiger partial charge in [-0.3, -0.25) is 4.79 Å². The summed E-state index contributed by atoms with van der Waals surface area (Å²) in [5.41, 5.74) is 2.76. The van der Waals surface area contributed by atoms with Gasteiger partial charge in [0.15, 0.2) is 6.61 Å². The molecule has 0 radical (unpaired) electrons. The number of carbonyl (C=O) groups is 1. The molecule has 3 aromatic rings. The van der Waals surface area contributed by atoms with Gasteiger partial charge in [-0.1, -0.05) is 38.1 Å². The lowest BCUT2D eigenvalue weighted by Crippen LogP contribution is -2.32. The van der Waals surface area contributed by atoms with Gasteiger partial charge in [-0.05, 0) is 51.7 Å². The van der Waals surface area contributed by atoms with E-state index in [1.165, 1.54) is 16.6 Å². The van der Waals surface area contributed by atoms with Crippen LogP contribution >= 0.6 is 0 Å². The Bertz CT molecular complexity index is 877. The Labute approximate surface area is 163 Å². The third kappa shape index (κ3) is 5.14. The van der Waals surface area contributed by atoms with E-state index in [-0.39, 0.29) is 19.1 Å². The van der Waals surface area contributed by atoms with E-state index in [1.54, 1.807) is 24.3 Å². The molecule has 8 nitrogen and oxygen atoms in total. The topological polar surface area (TPSA) is 102 Å². The number of tetrazole rings is 1. The highest BCUT2D eigenvalue weighted by atomic mass is 16.5. The van der Waals surface area contributed by atoms with Gasteiger partial charge in [0.05, 0.1) is 11.8 Å². The molecule has 3 rings (SSSR count). The van der Waals surface area contributed by atoms with Gasteiger partial charge in [-0.25, -0.2) is 4.68 Å². The van der Waals surface area contributed by atoms with E-state index >= 15 is 0 Å². The Morgan fingerprint density at radius 3 is 2.39 bits per heavy atom. The fraction of sp³-hybridized carbons (Fsp3) is 0.300. The SMILES string of the molecule is CC(C)c1ccc(C(O)CNC(=O)COc2ccc(-n3cnnn3)cc2)cc1. The third-order valence-electron chi connectivity index (χ3n) is 4.30. The van der Waals surface area contributed by atoms with Gasteiger partial charge in [0.2, 0.25) is 0 Å². The lowest BCUT2D eigenvalue weighted by Gasteiger charge is -2.14. The predicted molar refractivity (Wildman–Crippen MR) is 103 cm³/mol. The maximum atomic E-state index is 12.0. The van der Waals surface area contributed by atoms with Crippen LogP contribution in [-0.4, -0.2) is 44.4 Å². The molecule has 0 spiro atoms.